The molecule has 1 amide bonds. The summed E-state index contributed by atoms with van der Waals surface area (Å²) in [6.07, 6.45) is -0.399. The fourth-order valence-electron chi connectivity index (χ4n) is 1.34. The zero-order valence-corrected chi connectivity index (χ0v) is 10.1. The average Bonchev–Trinajstić information content (AvgIpc) is 2.36. The fraction of sp³-hybridized carbons (Fsp3) is 0.385. The third-order valence-electron chi connectivity index (χ3n) is 2.28. The van der Waals surface area contributed by atoms with Crippen molar-refractivity contribution in [1.29, 1.82) is 0 Å². The second kappa shape index (κ2) is 6.54. The van der Waals surface area contributed by atoms with Gasteiger partial charge in [0.05, 0.1) is 6.54 Å². The van der Waals surface area contributed by atoms with Crippen molar-refractivity contribution in [2.24, 2.45) is 0 Å². The summed E-state index contributed by atoms with van der Waals surface area (Å²) >= 11 is 0. The first kappa shape index (κ1) is 13.0. The molecule has 1 rings (SSSR count). The minimum absolute atomic E-state index is 0.204. The van der Waals surface area contributed by atoms with Crippen molar-refractivity contribution in [1.82, 2.24) is 4.90 Å². The third-order valence-corrected chi connectivity index (χ3v) is 2.28. The quantitative estimate of drug-likeness (QED) is 0.748. The number of hydrogen-bond donors (Lipinski definition) is 0. The first-order valence-corrected chi connectivity index (χ1v) is 5.42. The predicted molar refractivity (Wildman–Crippen MR) is 65.3 cm³/mol. The van der Waals surface area contributed by atoms with E-state index in [1.165, 1.54) is 4.90 Å². The fourth-order valence-corrected chi connectivity index (χ4v) is 1.34. The van der Waals surface area contributed by atoms with Crippen LogP contribution in [0.5, 0.6) is 0 Å². The van der Waals surface area contributed by atoms with E-state index in [0.29, 0.717) is 6.54 Å². The van der Waals surface area contributed by atoms with Crippen molar-refractivity contribution >= 4 is 6.09 Å². The molecule has 0 N–H and O–H groups in total. The van der Waals surface area contributed by atoms with Crippen LogP contribution in [0.25, 0.3) is 4.85 Å². The maximum Gasteiger partial charge on any atom is 0.410 e. The van der Waals surface area contributed by atoms with Crippen LogP contribution in [-0.4, -0.2) is 30.6 Å². The molecule has 0 spiro atoms. The smallest absolute Gasteiger partial charge is 0.410 e. The number of benzene rings is 1. The standard InChI is InChI=1S/C13H16N2O2/c1-11(14-2)9-15(3)13(16)17-10-12-7-5-4-6-8-12/h4-8,11H,9-10H2,1,3H3. The SMILES string of the molecule is [C-]#[N+]C(C)CN(C)C(=O)OCc1ccccc1. The number of hydrogen-bond acceptors (Lipinski definition) is 2. The molecule has 0 bridgehead atoms. The van der Waals surface area contributed by atoms with E-state index in [0.717, 1.165) is 5.56 Å². The Bertz CT molecular complexity index is 398. The summed E-state index contributed by atoms with van der Waals surface area (Å²) in [5.41, 5.74) is 0.951. The summed E-state index contributed by atoms with van der Waals surface area (Å²) in [5, 5.41) is 0. The lowest BCUT2D eigenvalue weighted by molar-refractivity contribution is 0.104. The van der Waals surface area contributed by atoms with E-state index in [9.17, 15) is 4.79 Å². The molecule has 0 saturated heterocycles. The van der Waals surface area contributed by atoms with Crippen molar-refractivity contribution in [3.05, 3.63) is 47.3 Å². The molecule has 0 heterocycles. The van der Waals surface area contributed by atoms with Gasteiger partial charge in [0.25, 0.3) is 0 Å². The Labute approximate surface area is 102 Å². The van der Waals surface area contributed by atoms with Gasteiger partial charge in [0.1, 0.15) is 6.61 Å². The minimum atomic E-state index is -0.399. The molecule has 0 aliphatic carbocycles. The van der Waals surface area contributed by atoms with Gasteiger partial charge in [0.2, 0.25) is 6.04 Å². The highest BCUT2D eigenvalue weighted by Gasteiger charge is 2.15. The van der Waals surface area contributed by atoms with Crippen LogP contribution in [0.3, 0.4) is 0 Å². The second-order valence-corrected chi connectivity index (χ2v) is 3.90. The monoisotopic (exact) mass is 232 g/mol. The predicted octanol–water partition coefficient (Wildman–Crippen LogP) is 2.56. The Morgan fingerprint density at radius 3 is 2.71 bits per heavy atom. The van der Waals surface area contributed by atoms with Gasteiger partial charge in [-0.25, -0.2) is 11.4 Å². The van der Waals surface area contributed by atoms with Gasteiger partial charge >= 0.3 is 6.09 Å². The summed E-state index contributed by atoms with van der Waals surface area (Å²) < 4.78 is 5.12. The maximum atomic E-state index is 11.6. The number of amides is 1. The van der Waals surface area contributed by atoms with Crippen molar-refractivity contribution in [3.8, 4) is 0 Å². The summed E-state index contributed by atoms with van der Waals surface area (Å²) in [6, 6.07) is 9.30. The van der Waals surface area contributed by atoms with Gasteiger partial charge in [-0.2, -0.15) is 0 Å². The highest BCUT2D eigenvalue weighted by Crippen LogP contribution is 2.03. The Morgan fingerprint density at radius 1 is 1.47 bits per heavy atom. The van der Waals surface area contributed by atoms with Gasteiger partial charge in [-0.05, 0) is 5.56 Å². The van der Waals surface area contributed by atoms with Crippen LogP contribution in [0.4, 0.5) is 4.79 Å². The topological polar surface area (TPSA) is 33.9 Å². The van der Waals surface area contributed by atoms with Crippen molar-refractivity contribution in [2.45, 2.75) is 19.6 Å². The van der Waals surface area contributed by atoms with Crippen LogP contribution >= 0.6 is 0 Å². The molecular formula is C13H16N2O2. The van der Waals surface area contributed by atoms with Gasteiger partial charge in [-0.15, -0.1) is 0 Å². The molecule has 1 aromatic rings. The zero-order chi connectivity index (χ0) is 12.7. The lowest BCUT2D eigenvalue weighted by Gasteiger charge is -2.16. The van der Waals surface area contributed by atoms with E-state index in [-0.39, 0.29) is 12.6 Å². The van der Waals surface area contributed by atoms with Crippen molar-refractivity contribution in [2.75, 3.05) is 13.6 Å². The van der Waals surface area contributed by atoms with Gasteiger partial charge < -0.3 is 14.5 Å². The molecule has 4 nitrogen and oxygen atoms in total. The molecule has 0 radical (unpaired) electrons. The van der Waals surface area contributed by atoms with E-state index in [1.807, 2.05) is 30.3 Å². The molecule has 1 atom stereocenters. The van der Waals surface area contributed by atoms with E-state index in [2.05, 4.69) is 4.85 Å². The lowest BCUT2D eigenvalue weighted by Crippen LogP contribution is -2.32. The molecule has 0 aliphatic rings. The normalized spacial score (nSPS) is 11.4. The number of nitrogens with zero attached hydrogens (tertiary/aromatic N) is 2. The summed E-state index contributed by atoms with van der Waals surface area (Å²) in [4.78, 5) is 16.3. The Hall–Kier alpha value is -2.02. The number of carbonyl (C=O) groups is 1. The minimum Gasteiger partial charge on any atom is -0.445 e. The molecule has 0 saturated carbocycles. The van der Waals surface area contributed by atoms with Gasteiger partial charge in [0, 0.05) is 14.0 Å². The molecule has 17 heavy (non-hydrogen) atoms. The molecule has 0 aromatic heterocycles. The van der Waals surface area contributed by atoms with Gasteiger partial charge in [0.15, 0.2) is 0 Å². The van der Waals surface area contributed by atoms with Crippen LogP contribution in [0, 0.1) is 6.57 Å². The number of carbonyl (C=O) groups excluding carboxylic acids is 1. The molecule has 4 heteroatoms. The summed E-state index contributed by atoms with van der Waals surface area (Å²) in [5.74, 6) is 0. The van der Waals surface area contributed by atoms with Crippen molar-refractivity contribution < 1.29 is 9.53 Å². The van der Waals surface area contributed by atoms with E-state index in [4.69, 9.17) is 11.3 Å². The van der Waals surface area contributed by atoms with Crippen LogP contribution in [-0.2, 0) is 11.3 Å². The van der Waals surface area contributed by atoms with Crippen LogP contribution in [0.2, 0.25) is 0 Å². The van der Waals surface area contributed by atoms with Crippen LogP contribution in [0.1, 0.15) is 12.5 Å². The van der Waals surface area contributed by atoms with Gasteiger partial charge in [-0.1, -0.05) is 30.3 Å². The first-order valence-electron chi connectivity index (χ1n) is 5.42. The number of ether oxygens (including phenoxy) is 1. The average molecular weight is 232 g/mol. The Morgan fingerprint density at radius 2 is 2.12 bits per heavy atom. The maximum absolute atomic E-state index is 11.6. The van der Waals surface area contributed by atoms with E-state index < -0.39 is 6.09 Å². The summed E-state index contributed by atoms with van der Waals surface area (Å²) in [6.45, 7) is 9.24. The Balaban J connectivity index is 2.37. The van der Waals surface area contributed by atoms with E-state index in [1.54, 1.807) is 14.0 Å². The molecule has 90 valence electrons. The second-order valence-electron chi connectivity index (χ2n) is 3.90. The molecule has 1 aromatic carbocycles. The molecular weight excluding hydrogens is 216 g/mol. The van der Waals surface area contributed by atoms with Crippen LogP contribution < -0.4 is 0 Å². The Kier molecular flexibility index (Phi) is 5.02. The number of rotatable bonds is 4. The van der Waals surface area contributed by atoms with Crippen molar-refractivity contribution in [3.63, 3.8) is 0 Å². The highest BCUT2D eigenvalue weighted by molar-refractivity contribution is 5.67. The van der Waals surface area contributed by atoms with Crippen LogP contribution in [0.15, 0.2) is 30.3 Å². The third kappa shape index (κ3) is 4.56. The summed E-state index contributed by atoms with van der Waals surface area (Å²) in [7, 11) is 1.63. The highest BCUT2D eigenvalue weighted by atomic mass is 16.6. The first-order chi connectivity index (χ1) is 8.13. The molecule has 0 aliphatic heterocycles. The zero-order valence-electron chi connectivity index (χ0n) is 10.1. The van der Waals surface area contributed by atoms with E-state index >= 15 is 0 Å². The molecule has 1 unspecified atom stereocenters. The van der Waals surface area contributed by atoms with Gasteiger partial charge in [-0.3, -0.25) is 0 Å². The lowest BCUT2D eigenvalue weighted by atomic mass is 10.2. The number of likely N-dealkylation sites (N-methyl/N-ethyl adjacent to an activating group) is 1. The largest absolute Gasteiger partial charge is 0.445 e. The molecule has 0 fully saturated rings.